The van der Waals surface area contributed by atoms with Gasteiger partial charge in [0.1, 0.15) is 0 Å². The van der Waals surface area contributed by atoms with Crippen LogP contribution in [0.15, 0.2) is 12.3 Å². The van der Waals surface area contributed by atoms with Gasteiger partial charge in [-0.05, 0) is 25.8 Å². The molecule has 1 rings (SSSR count). The third kappa shape index (κ3) is 3.66. The molecular formula is C11H19N3O2. The highest BCUT2D eigenvalue weighted by atomic mass is 16.3. The number of rotatable bonds is 6. The van der Waals surface area contributed by atoms with E-state index in [0.717, 1.165) is 12.1 Å². The highest BCUT2D eigenvalue weighted by Gasteiger charge is 2.23. The van der Waals surface area contributed by atoms with Crippen molar-refractivity contribution in [1.82, 2.24) is 15.5 Å². The van der Waals surface area contributed by atoms with Crippen LogP contribution in [-0.2, 0) is 11.2 Å². The fourth-order valence-electron chi connectivity index (χ4n) is 1.51. The largest absolute Gasteiger partial charge is 0.396 e. The van der Waals surface area contributed by atoms with Crippen molar-refractivity contribution in [3.63, 3.8) is 0 Å². The normalized spacial score (nSPS) is 14.4. The second-order valence-corrected chi connectivity index (χ2v) is 4.19. The Labute approximate surface area is 95.3 Å². The molecule has 0 aromatic carbocycles. The first-order valence-corrected chi connectivity index (χ1v) is 5.50. The molecule has 0 saturated carbocycles. The molecule has 0 fully saturated rings. The molecule has 0 spiro atoms. The van der Waals surface area contributed by atoms with Gasteiger partial charge in [0.25, 0.3) is 0 Å². The smallest absolute Gasteiger partial charge is 0.226 e. The Balaban J connectivity index is 2.49. The zero-order chi connectivity index (χ0) is 12.0. The van der Waals surface area contributed by atoms with Gasteiger partial charge in [0.15, 0.2) is 0 Å². The number of aromatic amines is 1. The molecule has 5 heteroatoms. The van der Waals surface area contributed by atoms with E-state index in [9.17, 15) is 4.79 Å². The highest BCUT2D eigenvalue weighted by Crippen LogP contribution is 2.13. The maximum Gasteiger partial charge on any atom is 0.226 e. The third-order valence-corrected chi connectivity index (χ3v) is 2.79. The van der Waals surface area contributed by atoms with Crippen molar-refractivity contribution in [3.05, 3.63) is 18.0 Å². The van der Waals surface area contributed by atoms with Crippen molar-refractivity contribution >= 4 is 5.91 Å². The van der Waals surface area contributed by atoms with Crippen LogP contribution in [0.25, 0.3) is 0 Å². The molecule has 0 bridgehead atoms. The molecular weight excluding hydrogens is 206 g/mol. The topological polar surface area (TPSA) is 78.0 Å². The van der Waals surface area contributed by atoms with E-state index in [2.05, 4.69) is 15.5 Å². The molecule has 90 valence electrons. The molecule has 1 unspecified atom stereocenters. The Morgan fingerprint density at radius 1 is 1.69 bits per heavy atom. The van der Waals surface area contributed by atoms with Crippen molar-refractivity contribution in [3.8, 4) is 0 Å². The van der Waals surface area contributed by atoms with Crippen molar-refractivity contribution in [1.29, 1.82) is 0 Å². The molecule has 1 aromatic rings. The average Bonchev–Trinajstić information content (AvgIpc) is 2.70. The van der Waals surface area contributed by atoms with Gasteiger partial charge >= 0.3 is 0 Å². The van der Waals surface area contributed by atoms with Crippen LogP contribution in [0.1, 0.15) is 32.4 Å². The van der Waals surface area contributed by atoms with Gasteiger partial charge in [-0.2, -0.15) is 5.10 Å². The van der Waals surface area contributed by atoms with Gasteiger partial charge in [-0.15, -0.1) is 0 Å². The standard InChI is InChI=1S/C11H19N3O2/c1-3-11(2,5-7-15)13-10(16)8-9-4-6-12-14-9/h4,6,15H,3,5,7-8H2,1-2H3,(H,12,14)(H,13,16). The first-order chi connectivity index (χ1) is 7.59. The number of carbonyl (C=O) groups excluding carboxylic acids is 1. The highest BCUT2D eigenvalue weighted by molar-refractivity contribution is 5.78. The van der Waals surface area contributed by atoms with Crippen LogP contribution >= 0.6 is 0 Å². The van der Waals surface area contributed by atoms with Gasteiger partial charge in [0, 0.05) is 24.0 Å². The quantitative estimate of drug-likeness (QED) is 0.664. The Bertz CT molecular complexity index is 324. The summed E-state index contributed by atoms with van der Waals surface area (Å²) < 4.78 is 0. The van der Waals surface area contributed by atoms with Crippen molar-refractivity contribution < 1.29 is 9.90 Å². The lowest BCUT2D eigenvalue weighted by Crippen LogP contribution is -2.46. The minimum atomic E-state index is -0.328. The summed E-state index contributed by atoms with van der Waals surface area (Å²) in [6.45, 7) is 4.01. The van der Waals surface area contributed by atoms with Gasteiger partial charge in [0.05, 0.1) is 6.42 Å². The Morgan fingerprint density at radius 2 is 2.44 bits per heavy atom. The lowest BCUT2D eigenvalue weighted by Gasteiger charge is -2.28. The molecule has 16 heavy (non-hydrogen) atoms. The van der Waals surface area contributed by atoms with Crippen molar-refractivity contribution in [2.24, 2.45) is 0 Å². The average molecular weight is 225 g/mol. The van der Waals surface area contributed by atoms with Gasteiger partial charge in [-0.1, -0.05) is 6.92 Å². The molecule has 1 amide bonds. The number of hydrogen-bond donors (Lipinski definition) is 3. The summed E-state index contributed by atoms with van der Waals surface area (Å²) in [4.78, 5) is 11.7. The number of H-pyrrole nitrogens is 1. The van der Waals surface area contributed by atoms with Gasteiger partial charge in [0.2, 0.25) is 5.91 Å². The number of aliphatic hydroxyl groups is 1. The van der Waals surface area contributed by atoms with Crippen LogP contribution in [0, 0.1) is 0 Å². The van der Waals surface area contributed by atoms with E-state index in [1.165, 1.54) is 0 Å². The molecule has 3 N–H and O–H groups in total. The Hall–Kier alpha value is -1.36. The summed E-state index contributed by atoms with van der Waals surface area (Å²) in [5.41, 5.74) is 0.464. The first kappa shape index (κ1) is 12.7. The van der Waals surface area contributed by atoms with Crippen LogP contribution in [0.2, 0.25) is 0 Å². The minimum Gasteiger partial charge on any atom is -0.396 e. The summed E-state index contributed by atoms with van der Waals surface area (Å²) in [5, 5.41) is 18.4. The maximum absolute atomic E-state index is 11.7. The van der Waals surface area contributed by atoms with Crippen molar-refractivity contribution in [2.75, 3.05) is 6.61 Å². The second kappa shape index (κ2) is 5.65. The molecule has 0 aliphatic carbocycles. The van der Waals surface area contributed by atoms with E-state index in [1.54, 1.807) is 12.3 Å². The van der Waals surface area contributed by atoms with Gasteiger partial charge in [-0.25, -0.2) is 0 Å². The molecule has 0 aliphatic heterocycles. The number of aromatic nitrogens is 2. The van der Waals surface area contributed by atoms with Crippen molar-refractivity contribution in [2.45, 2.75) is 38.6 Å². The van der Waals surface area contributed by atoms with Crippen LogP contribution in [0.4, 0.5) is 0 Å². The monoisotopic (exact) mass is 225 g/mol. The summed E-state index contributed by atoms with van der Waals surface area (Å²) in [6, 6.07) is 1.77. The minimum absolute atomic E-state index is 0.0537. The molecule has 0 radical (unpaired) electrons. The third-order valence-electron chi connectivity index (χ3n) is 2.79. The summed E-state index contributed by atoms with van der Waals surface area (Å²) in [6.07, 6.45) is 3.27. The number of nitrogens with one attached hydrogen (secondary N) is 2. The van der Waals surface area contributed by atoms with E-state index < -0.39 is 0 Å². The summed E-state index contributed by atoms with van der Waals surface area (Å²) in [7, 11) is 0. The van der Waals surface area contributed by atoms with Crippen LogP contribution in [0.3, 0.4) is 0 Å². The molecule has 1 aromatic heterocycles. The zero-order valence-corrected chi connectivity index (χ0v) is 9.79. The van der Waals surface area contributed by atoms with Gasteiger partial charge < -0.3 is 10.4 Å². The summed E-state index contributed by atoms with van der Waals surface area (Å²) >= 11 is 0. The maximum atomic E-state index is 11.7. The SMILES string of the molecule is CCC(C)(CCO)NC(=O)Cc1ccn[nH]1. The molecule has 0 saturated heterocycles. The van der Waals surface area contributed by atoms with Gasteiger partial charge in [-0.3, -0.25) is 9.89 Å². The van der Waals surface area contributed by atoms with E-state index in [4.69, 9.17) is 5.11 Å². The number of aliphatic hydroxyl groups excluding tert-OH is 1. The molecule has 5 nitrogen and oxygen atoms in total. The van der Waals surface area contributed by atoms with E-state index >= 15 is 0 Å². The zero-order valence-electron chi connectivity index (χ0n) is 9.79. The fourth-order valence-corrected chi connectivity index (χ4v) is 1.51. The Kier molecular flexibility index (Phi) is 4.49. The molecule has 1 heterocycles. The fraction of sp³-hybridized carbons (Fsp3) is 0.636. The second-order valence-electron chi connectivity index (χ2n) is 4.19. The number of nitrogens with zero attached hydrogens (tertiary/aromatic N) is 1. The molecule has 0 aliphatic rings. The van der Waals surface area contributed by atoms with E-state index in [1.807, 2.05) is 13.8 Å². The van der Waals surface area contributed by atoms with Crippen LogP contribution < -0.4 is 5.32 Å². The predicted octanol–water partition coefficient (Wildman–Crippen LogP) is 0.619. The lowest BCUT2D eigenvalue weighted by molar-refractivity contribution is -0.122. The summed E-state index contributed by atoms with van der Waals surface area (Å²) in [5.74, 6) is -0.0537. The van der Waals surface area contributed by atoms with E-state index in [-0.39, 0.29) is 18.1 Å². The number of carbonyl (C=O) groups is 1. The predicted molar refractivity (Wildman–Crippen MR) is 60.8 cm³/mol. The van der Waals surface area contributed by atoms with E-state index in [0.29, 0.717) is 12.8 Å². The Morgan fingerprint density at radius 3 is 2.94 bits per heavy atom. The first-order valence-electron chi connectivity index (χ1n) is 5.50. The van der Waals surface area contributed by atoms with Crippen LogP contribution in [0.5, 0.6) is 0 Å². The number of hydrogen-bond acceptors (Lipinski definition) is 3. The number of amides is 1. The lowest BCUT2D eigenvalue weighted by atomic mass is 9.94. The van der Waals surface area contributed by atoms with Crippen LogP contribution in [-0.4, -0.2) is 33.4 Å². The molecule has 1 atom stereocenters.